The largest absolute Gasteiger partial charge is 0.417 e. The second kappa shape index (κ2) is 9.97. The lowest BCUT2D eigenvalue weighted by Crippen LogP contribution is -2.64. The number of rotatable bonds is 3. The Balaban J connectivity index is 1.62. The van der Waals surface area contributed by atoms with Gasteiger partial charge in [-0.2, -0.15) is 18.2 Å². The summed E-state index contributed by atoms with van der Waals surface area (Å²) in [7, 11) is 0. The van der Waals surface area contributed by atoms with Crippen LogP contribution in [0.5, 0.6) is 0 Å². The third kappa shape index (κ3) is 4.59. The quantitative estimate of drug-likeness (QED) is 0.323. The highest BCUT2D eigenvalue weighted by molar-refractivity contribution is 7.99. The summed E-state index contributed by atoms with van der Waals surface area (Å²) < 4.78 is 74.1. The van der Waals surface area contributed by atoms with Gasteiger partial charge in [-0.1, -0.05) is 6.58 Å². The number of alkyl halides is 3. The summed E-state index contributed by atoms with van der Waals surface area (Å²) in [5, 5.41) is 0.0560. The maximum Gasteiger partial charge on any atom is 0.417 e. The first-order valence-corrected chi connectivity index (χ1v) is 13.9. The van der Waals surface area contributed by atoms with Crippen molar-refractivity contribution in [1.82, 2.24) is 14.5 Å². The molecule has 6 rings (SSSR count). The Kier molecular flexibility index (Phi) is 6.67. The number of hydrogen-bond donors (Lipinski definition) is 0. The predicted octanol–water partition coefficient (Wildman–Crippen LogP) is 4.79. The molecule has 1 amide bonds. The van der Waals surface area contributed by atoms with Crippen LogP contribution in [-0.2, 0) is 22.3 Å². The molecule has 0 spiro atoms. The molecular formula is C28H23F5N4O3S. The monoisotopic (exact) mass is 590 g/mol. The van der Waals surface area contributed by atoms with Crippen molar-refractivity contribution < 1.29 is 31.5 Å². The molecule has 2 unspecified atom stereocenters. The number of piperidine rings is 1. The molecule has 13 heteroatoms. The Labute approximate surface area is 234 Å². The molecule has 3 aliphatic rings. The van der Waals surface area contributed by atoms with E-state index in [9.17, 15) is 31.9 Å². The third-order valence-electron chi connectivity index (χ3n) is 7.78. The van der Waals surface area contributed by atoms with Crippen molar-refractivity contribution in [2.75, 3.05) is 23.7 Å². The van der Waals surface area contributed by atoms with E-state index in [0.29, 0.717) is 18.2 Å². The molecule has 7 nitrogen and oxygen atoms in total. The Hall–Kier alpha value is -3.74. The topological polar surface area (TPSA) is 75.5 Å². The minimum Gasteiger partial charge on any atom is -0.352 e. The predicted molar refractivity (Wildman–Crippen MR) is 143 cm³/mol. The summed E-state index contributed by atoms with van der Waals surface area (Å²) in [5.74, 6) is -2.10. The van der Waals surface area contributed by atoms with Crippen molar-refractivity contribution in [1.29, 1.82) is 0 Å². The molecule has 4 heterocycles. The standard InChI is InChI=1S/C28H23F5N4O3S/c1-2-22(39)37-15-9-17(38)10-16(37)13-35(12-15)26-19-11-20(28(31,32)33)23(18-5-4-14(29)8-21(18)30)25-24(19)36(27(40)34-26)6-3-7-41-25/h2,4-5,8,11,15-16H,1,3,6-7,9-10,12-13H2. The zero-order chi connectivity index (χ0) is 29.2. The Morgan fingerprint density at radius 1 is 1.10 bits per heavy atom. The zero-order valence-corrected chi connectivity index (χ0v) is 22.3. The molecule has 1 aromatic heterocycles. The summed E-state index contributed by atoms with van der Waals surface area (Å²) in [6.07, 6.45) is -3.19. The molecule has 0 saturated carbocycles. The van der Waals surface area contributed by atoms with Crippen molar-refractivity contribution in [3.63, 3.8) is 0 Å². The van der Waals surface area contributed by atoms with Crippen LogP contribution in [0.4, 0.5) is 27.8 Å². The minimum absolute atomic E-state index is 0.0108. The van der Waals surface area contributed by atoms with Gasteiger partial charge in [-0.25, -0.2) is 13.6 Å². The second-order valence-corrected chi connectivity index (χ2v) is 11.4. The van der Waals surface area contributed by atoms with Gasteiger partial charge in [0.2, 0.25) is 5.91 Å². The van der Waals surface area contributed by atoms with Gasteiger partial charge in [0.15, 0.2) is 0 Å². The van der Waals surface area contributed by atoms with Crippen LogP contribution in [0.15, 0.2) is 46.6 Å². The van der Waals surface area contributed by atoms with Crippen LogP contribution in [0, 0.1) is 11.6 Å². The molecule has 3 aliphatic heterocycles. The van der Waals surface area contributed by atoms with Crippen molar-refractivity contribution in [3.8, 4) is 11.1 Å². The Morgan fingerprint density at radius 2 is 1.80 bits per heavy atom. The highest BCUT2D eigenvalue weighted by Gasteiger charge is 2.44. The van der Waals surface area contributed by atoms with Crippen molar-refractivity contribution in [2.45, 2.75) is 49.0 Å². The van der Waals surface area contributed by atoms with E-state index in [0.717, 1.165) is 36.0 Å². The number of amides is 1. The number of anilines is 1. The number of thioether (sulfide) groups is 1. The summed E-state index contributed by atoms with van der Waals surface area (Å²) in [5.41, 5.74) is -2.49. The van der Waals surface area contributed by atoms with Gasteiger partial charge in [0.1, 0.15) is 23.2 Å². The van der Waals surface area contributed by atoms with E-state index >= 15 is 4.39 Å². The number of carbonyl (C=O) groups is 2. The number of aromatic nitrogens is 2. The van der Waals surface area contributed by atoms with Crippen molar-refractivity contribution >= 4 is 40.2 Å². The van der Waals surface area contributed by atoms with E-state index in [4.69, 9.17) is 0 Å². The molecule has 0 aliphatic carbocycles. The number of benzene rings is 2. The summed E-state index contributed by atoms with van der Waals surface area (Å²) >= 11 is 1.08. The van der Waals surface area contributed by atoms with Crippen molar-refractivity contribution in [2.24, 2.45) is 0 Å². The highest BCUT2D eigenvalue weighted by atomic mass is 32.2. The van der Waals surface area contributed by atoms with E-state index in [1.54, 1.807) is 9.80 Å². The molecular weight excluding hydrogens is 567 g/mol. The first-order chi connectivity index (χ1) is 19.5. The minimum atomic E-state index is -4.93. The number of halogens is 5. The van der Waals surface area contributed by atoms with Gasteiger partial charge in [0.25, 0.3) is 0 Å². The number of carbonyl (C=O) groups excluding carboxylic acids is 2. The lowest BCUT2D eigenvalue weighted by Gasteiger charge is -2.49. The van der Waals surface area contributed by atoms with Gasteiger partial charge in [0, 0.05) is 60.0 Å². The first kappa shape index (κ1) is 27.4. The molecule has 2 fully saturated rings. The number of hydrogen-bond acceptors (Lipinski definition) is 6. The van der Waals surface area contributed by atoms with E-state index in [-0.39, 0.29) is 65.8 Å². The van der Waals surface area contributed by atoms with Gasteiger partial charge >= 0.3 is 11.9 Å². The maximum atomic E-state index is 15.0. The first-order valence-electron chi connectivity index (χ1n) is 13.0. The molecule has 2 aromatic carbocycles. The van der Waals surface area contributed by atoms with Gasteiger partial charge in [-0.3, -0.25) is 14.2 Å². The average Bonchev–Trinajstić information content (AvgIpc) is 3.13. The molecule has 3 aromatic rings. The van der Waals surface area contributed by atoms with Crippen LogP contribution in [0.3, 0.4) is 0 Å². The number of piperazine rings is 1. The number of fused-ring (bicyclic) bond motifs is 2. The van der Waals surface area contributed by atoms with E-state index in [1.807, 2.05) is 0 Å². The maximum absolute atomic E-state index is 15.0. The van der Waals surface area contributed by atoms with Gasteiger partial charge in [-0.05, 0) is 36.4 Å². The SMILES string of the molecule is C=CC(=O)N1C2CC(=O)CC1CN(c1nc(=O)n3c4c(c(-c5ccc(F)cc5F)c(C(F)(F)F)cc14)SCCC3)C2. The number of Topliss-reactive ketones (excluding diaryl/α,β-unsaturated/α-hetero) is 1. The fourth-order valence-electron chi connectivity index (χ4n) is 6.19. The van der Waals surface area contributed by atoms with E-state index in [2.05, 4.69) is 11.6 Å². The third-order valence-corrected chi connectivity index (χ3v) is 8.96. The Bertz CT molecular complexity index is 1670. The fourth-order valence-corrected chi connectivity index (χ4v) is 7.39. The van der Waals surface area contributed by atoms with E-state index in [1.165, 1.54) is 4.57 Å². The number of aryl methyl sites for hydroxylation is 1. The van der Waals surface area contributed by atoms with Gasteiger partial charge in [0.05, 0.1) is 23.2 Å². The molecule has 2 bridgehead atoms. The second-order valence-electron chi connectivity index (χ2n) is 10.3. The van der Waals surface area contributed by atoms with E-state index < -0.39 is 52.3 Å². The molecule has 0 N–H and O–H groups in total. The Morgan fingerprint density at radius 3 is 2.44 bits per heavy atom. The van der Waals surface area contributed by atoms with Crippen LogP contribution >= 0.6 is 11.8 Å². The van der Waals surface area contributed by atoms with Crippen molar-refractivity contribution in [3.05, 3.63) is 64.6 Å². The highest BCUT2D eigenvalue weighted by Crippen LogP contribution is 2.49. The fraction of sp³-hybridized carbons (Fsp3) is 0.357. The van der Waals surface area contributed by atoms with Crippen LogP contribution in [0.1, 0.15) is 24.8 Å². The lowest BCUT2D eigenvalue weighted by molar-refractivity contribution is -0.139. The van der Waals surface area contributed by atoms with Crippen LogP contribution in [0.25, 0.3) is 22.0 Å². The smallest absolute Gasteiger partial charge is 0.352 e. The molecule has 41 heavy (non-hydrogen) atoms. The summed E-state index contributed by atoms with van der Waals surface area (Å²) in [6.45, 7) is 3.88. The summed E-state index contributed by atoms with van der Waals surface area (Å²) in [6, 6.07) is 2.14. The molecule has 0 radical (unpaired) electrons. The van der Waals surface area contributed by atoms with Gasteiger partial charge < -0.3 is 9.80 Å². The van der Waals surface area contributed by atoms with Crippen LogP contribution in [-0.4, -0.2) is 57.1 Å². The molecule has 2 atom stereocenters. The van der Waals surface area contributed by atoms with Crippen LogP contribution < -0.4 is 10.6 Å². The zero-order valence-electron chi connectivity index (χ0n) is 21.5. The van der Waals surface area contributed by atoms with Gasteiger partial charge in [-0.15, -0.1) is 11.8 Å². The lowest BCUT2D eigenvalue weighted by atomic mass is 9.89. The normalized spacial score (nSPS) is 20.8. The molecule has 2 saturated heterocycles. The average molecular weight is 591 g/mol. The number of ketones is 1. The summed E-state index contributed by atoms with van der Waals surface area (Å²) in [4.78, 5) is 45.8. The number of nitrogens with zero attached hydrogens (tertiary/aromatic N) is 4. The van der Waals surface area contributed by atoms with Crippen LogP contribution in [0.2, 0.25) is 0 Å². The molecule has 214 valence electrons.